The SMILES string of the molecule is C=CC.CC1=CC(C)=C(C)CC1C=N. The van der Waals surface area contributed by atoms with Crippen LogP contribution >= 0.6 is 0 Å². The topological polar surface area (TPSA) is 23.9 Å². The predicted molar refractivity (Wildman–Crippen MR) is 64.9 cm³/mol. The van der Waals surface area contributed by atoms with E-state index in [0.29, 0.717) is 5.92 Å². The number of hydrogen-bond donors (Lipinski definition) is 1. The molecule has 78 valence electrons. The molecule has 14 heavy (non-hydrogen) atoms. The summed E-state index contributed by atoms with van der Waals surface area (Å²) in [7, 11) is 0. The molecule has 0 heterocycles. The predicted octanol–water partition coefficient (Wildman–Crippen LogP) is 4.13. The maximum atomic E-state index is 7.19. The molecule has 1 N–H and O–H groups in total. The van der Waals surface area contributed by atoms with Gasteiger partial charge < -0.3 is 5.41 Å². The molecule has 0 saturated carbocycles. The fourth-order valence-electron chi connectivity index (χ4n) is 1.41. The van der Waals surface area contributed by atoms with Gasteiger partial charge in [-0.05, 0) is 34.1 Å². The first kappa shape index (κ1) is 12.9. The molecule has 1 aliphatic rings. The van der Waals surface area contributed by atoms with E-state index in [-0.39, 0.29) is 0 Å². The van der Waals surface area contributed by atoms with Gasteiger partial charge in [0.15, 0.2) is 0 Å². The van der Waals surface area contributed by atoms with Crippen LogP contribution in [-0.4, -0.2) is 6.21 Å². The highest BCUT2D eigenvalue weighted by atomic mass is 14.4. The Balaban J connectivity index is 0.000000500. The highest BCUT2D eigenvalue weighted by molar-refractivity contribution is 5.63. The van der Waals surface area contributed by atoms with Crippen molar-refractivity contribution in [3.63, 3.8) is 0 Å². The first-order valence-corrected chi connectivity index (χ1v) is 4.99. The Kier molecular flexibility index (Phi) is 5.86. The second kappa shape index (κ2) is 6.36. The van der Waals surface area contributed by atoms with Crippen LogP contribution in [0, 0.1) is 11.3 Å². The van der Waals surface area contributed by atoms with E-state index in [1.807, 2.05) is 6.92 Å². The fourth-order valence-corrected chi connectivity index (χ4v) is 1.41. The summed E-state index contributed by atoms with van der Waals surface area (Å²) in [5.41, 5.74) is 4.12. The smallest absolute Gasteiger partial charge is 0.0183 e. The first-order chi connectivity index (χ1) is 6.56. The van der Waals surface area contributed by atoms with Crippen LogP contribution in [0.15, 0.2) is 35.5 Å². The molecule has 1 atom stereocenters. The molecular formula is C13H21N. The molecule has 0 saturated heterocycles. The lowest BCUT2D eigenvalue weighted by molar-refractivity contribution is 0.772. The molecule has 0 spiro atoms. The van der Waals surface area contributed by atoms with Crippen LogP contribution in [-0.2, 0) is 0 Å². The highest BCUT2D eigenvalue weighted by Gasteiger charge is 2.13. The summed E-state index contributed by atoms with van der Waals surface area (Å²) in [6.07, 6.45) is 6.52. The molecule has 0 fully saturated rings. The molecule has 0 aliphatic heterocycles. The van der Waals surface area contributed by atoms with Crippen LogP contribution in [0.25, 0.3) is 0 Å². The monoisotopic (exact) mass is 191 g/mol. The summed E-state index contributed by atoms with van der Waals surface area (Å²) < 4.78 is 0. The number of hydrogen-bond acceptors (Lipinski definition) is 1. The lowest BCUT2D eigenvalue weighted by Crippen LogP contribution is -2.08. The van der Waals surface area contributed by atoms with E-state index in [1.165, 1.54) is 16.7 Å². The normalized spacial score (nSPS) is 20.6. The molecule has 0 aromatic heterocycles. The van der Waals surface area contributed by atoms with E-state index in [0.717, 1.165) is 6.42 Å². The second-order valence-corrected chi connectivity index (χ2v) is 3.74. The van der Waals surface area contributed by atoms with Crippen LogP contribution < -0.4 is 0 Å². The van der Waals surface area contributed by atoms with E-state index in [2.05, 4.69) is 33.4 Å². The van der Waals surface area contributed by atoms with Crippen molar-refractivity contribution in [3.8, 4) is 0 Å². The average molecular weight is 191 g/mol. The van der Waals surface area contributed by atoms with Crippen molar-refractivity contribution < 1.29 is 0 Å². The van der Waals surface area contributed by atoms with Crippen molar-refractivity contribution in [3.05, 3.63) is 35.5 Å². The Hall–Kier alpha value is -1.11. The Bertz CT molecular complexity index is 269. The van der Waals surface area contributed by atoms with E-state index >= 15 is 0 Å². The van der Waals surface area contributed by atoms with Crippen molar-refractivity contribution in [2.24, 2.45) is 5.92 Å². The number of rotatable bonds is 1. The van der Waals surface area contributed by atoms with Gasteiger partial charge >= 0.3 is 0 Å². The first-order valence-electron chi connectivity index (χ1n) is 4.99. The number of nitrogens with one attached hydrogen (secondary N) is 1. The second-order valence-electron chi connectivity index (χ2n) is 3.74. The molecule has 0 aromatic rings. The van der Waals surface area contributed by atoms with Crippen LogP contribution in [0.2, 0.25) is 0 Å². The summed E-state index contributed by atoms with van der Waals surface area (Å²) in [6, 6.07) is 0. The zero-order chi connectivity index (χ0) is 11.1. The minimum absolute atomic E-state index is 0.360. The molecule has 0 bridgehead atoms. The molecule has 0 radical (unpaired) electrons. The Labute approximate surface area is 87.7 Å². The largest absolute Gasteiger partial charge is 0.312 e. The molecule has 0 aromatic carbocycles. The molecule has 1 nitrogen and oxygen atoms in total. The quantitative estimate of drug-likeness (QED) is 0.476. The summed E-state index contributed by atoms with van der Waals surface area (Å²) in [4.78, 5) is 0. The molecule has 1 rings (SSSR count). The van der Waals surface area contributed by atoms with Gasteiger partial charge in [0, 0.05) is 12.1 Å². The van der Waals surface area contributed by atoms with Crippen LogP contribution in [0.3, 0.4) is 0 Å². The van der Waals surface area contributed by atoms with Crippen molar-refractivity contribution in [2.45, 2.75) is 34.1 Å². The van der Waals surface area contributed by atoms with Gasteiger partial charge in [0.25, 0.3) is 0 Å². The van der Waals surface area contributed by atoms with Gasteiger partial charge in [0.05, 0.1) is 0 Å². The molecule has 0 amide bonds. The van der Waals surface area contributed by atoms with Crippen LogP contribution in [0.1, 0.15) is 34.1 Å². The zero-order valence-electron chi connectivity index (χ0n) is 9.72. The lowest BCUT2D eigenvalue weighted by atomic mass is 9.86. The maximum Gasteiger partial charge on any atom is 0.0183 e. The average Bonchev–Trinajstić information content (AvgIpc) is 2.12. The van der Waals surface area contributed by atoms with Gasteiger partial charge in [-0.1, -0.05) is 28.9 Å². The Morgan fingerprint density at radius 3 is 2.36 bits per heavy atom. The van der Waals surface area contributed by atoms with Gasteiger partial charge in [-0.15, -0.1) is 6.58 Å². The summed E-state index contributed by atoms with van der Waals surface area (Å²) in [6.45, 7) is 11.6. The van der Waals surface area contributed by atoms with Gasteiger partial charge in [-0.3, -0.25) is 0 Å². The molecular weight excluding hydrogens is 170 g/mol. The summed E-state index contributed by atoms with van der Waals surface area (Å²) >= 11 is 0. The van der Waals surface area contributed by atoms with E-state index < -0.39 is 0 Å². The highest BCUT2D eigenvalue weighted by Crippen LogP contribution is 2.26. The molecule has 1 aliphatic carbocycles. The summed E-state index contributed by atoms with van der Waals surface area (Å²) in [5.74, 6) is 0.360. The van der Waals surface area contributed by atoms with E-state index in [9.17, 15) is 0 Å². The third-order valence-corrected chi connectivity index (χ3v) is 2.43. The molecule has 1 heteroatoms. The van der Waals surface area contributed by atoms with Gasteiger partial charge in [-0.2, -0.15) is 0 Å². The van der Waals surface area contributed by atoms with Crippen LogP contribution in [0.4, 0.5) is 0 Å². The minimum Gasteiger partial charge on any atom is -0.312 e. The van der Waals surface area contributed by atoms with Crippen molar-refractivity contribution in [1.82, 2.24) is 0 Å². The zero-order valence-corrected chi connectivity index (χ0v) is 9.72. The van der Waals surface area contributed by atoms with Crippen molar-refractivity contribution >= 4 is 6.21 Å². The minimum atomic E-state index is 0.360. The molecule has 1 unspecified atom stereocenters. The number of allylic oxidation sites excluding steroid dienone is 5. The standard InChI is InChI=1S/C10H15N.C3H6/c1-7-4-9(3)10(6-11)5-8(7)2;1-3-2/h4,6,10-11H,5H2,1-3H3;3H,1H2,2H3. The van der Waals surface area contributed by atoms with Gasteiger partial charge in [-0.25, -0.2) is 0 Å². The van der Waals surface area contributed by atoms with Crippen molar-refractivity contribution in [1.29, 1.82) is 5.41 Å². The summed E-state index contributed by atoms with van der Waals surface area (Å²) in [5, 5.41) is 7.19. The Morgan fingerprint density at radius 1 is 1.43 bits per heavy atom. The third kappa shape index (κ3) is 3.73. The maximum absolute atomic E-state index is 7.19. The van der Waals surface area contributed by atoms with Crippen LogP contribution in [0.5, 0.6) is 0 Å². The van der Waals surface area contributed by atoms with Gasteiger partial charge in [0.1, 0.15) is 0 Å². The third-order valence-electron chi connectivity index (χ3n) is 2.43. The Morgan fingerprint density at radius 2 is 1.93 bits per heavy atom. The van der Waals surface area contributed by atoms with E-state index in [4.69, 9.17) is 5.41 Å². The van der Waals surface area contributed by atoms with Crippen molar-refractivity contribution in [2.75, 3.05) is 0 Å². The fraction of sp³-hybridized carbons (Fsp3) is 0.462. The van der Waals surface area contributed by atoms with E-state index in [1.54, 1.807) is 12.3 Å². The van der Waals surface area contributed by atoms with Gasteiger partial charge in [0.2, 0.25) is 0 Å². The lowest BCUT2D eigenvalue weighted by Gasteiger charge is -2.19.